The minimum atomic E-state index is -0.408. The predicted octanol–water partition coefficient (Wildman–Crippen LogP) is 3.02. The molecule has 0 bridgehead atoms. The van der Waals surface area contributed by atoms with Gasteiger partial charge in [0.15, 0.2) is 0 Å². The van der Waals surface area contributed by atoms with E-state index in [1.807, 2.05) is 0 Å². The van der Waals surface area contributed by atoms with Gasteiger partial charge in [0.1, 0.15) is 11.6 Å². The fourth-order valence-electron chi connectivity index (χ4n) is 1.55. The van der Waals surface area contributed by atoms with Crippen molar-refractivity contribution in [1.29, 1.82) is 0 Å². The molecule has 1 unspecified atom stereocenters. The van der Waals surface area contributed by atoms with E-state index in [9.17, 15) is 8.78 Å². The normalized spacial score (nSPS) is 12.8. The van der Waals surface area contributed by atoms with Crippen LogP contribution < -0.4 is 5.73 Å². The highest BCUT2D eigenvalue weighted by Crippen LogP contribution is 2.13. The first-order valence-electron chi connectivity index (χ1n) is 5.33. The molecule has 3 heteroatoms. The fourth-order valence-corrected chi connectivity index (χ4v) is 1.55. The van der Waals surface area contributed by atoms with Crippen molar-refractivity contribution >= 4 is 0 Å². The fraction of sp³-hybridized carbons (Fsp3) is 0.500. The summed E-state index contributed by atoms with van der Waals surface area (Å²) in [5, 5.41) is 0. The van der Waals surface area contributed by atoms with Crippen LogP contribution in [0.5, 0.6) is 0 Å². The lowest BCUT2D eigenvalue weighted by atomic mass is 10.0. The number of nitrogens with two attached hydrogens (primary N) is 1. The molecule has 0 aromatic heterocycles. The van der Waals surface area contributed by atoms with E-state index in [2.05, 4.69) is 6.92 Å². The SMILES string of the molecule is CCCCC(N)Cc1cc(F)ccc1F. The second kappa shape index (κ2) is 5.81. The van der Waals surface area contributed by atoms with Crippen molar-refractivity contribution in [3.8, 4) is 0 Å². The van der Waals surface area contributed by atoms with Crippen molar-refractivity contribution in [3.63, 3.8) is 0 Å². The van der Waals surface area contributed by atoms with E-state index >= 15 is 0 Å². The van der Waals surface area contributed by atoms with Gasteiger partial charge in [-0.3, -0.25) is 0 Å². The average Bonchev–Trinajstić information content (AvgIpc) is 2.20. The first-order chi connectivity index (χ1) is 7.13. The molecule has 0 heterocycles. The lowest BCUT2D eigenvalue weighted by Gasteiger charge is -2.11. The maximum absolute atomic E-state index is 13.2. The van der Waals surface area contributed by atoms with Crippen LogP contribution in [0.2, 0.25) is 0 Å². The first kappa shape index (κ1) is 12.1. The first-order valence-corrected chi connectivity index (χ1v) is 5.33. The van der Waals surface area contributed by atoms with Crippen molar-refractivity contribution in [2.75, 3.05) is 0 Å². The lowest BCUT2D eigenvalue weighted by molar-refractivity contribution is 0.539. The van der Waals surface area contributed by atoms with E-state index in [1.165, 1.54) is 6.07 Å². The van der Waals surface area contributed by atoms with Gasteiger partial charge in [0.2, 0.25) is 0 Å². The largest absolute Gasteiger partial charge is 0.327 e. The van der Waals surface area contributed by atoms with Crippen LogP contribution >= 0.6 is 0 Å². The van der Waals surface area contributed by atoms with Gasteiger partial charge in [-0.1, -0.05) is 19.8 Å². The maximum atomic E-state index is 13.2. The molecule has 0 amide bonds. The van der Waals surface area contributed by atoms with Gasteiger partial charge in [-0.2, -0.15) is 0 Å². The number of unbranched alkanes of at least 4 members (excludes halogenated alkanes) is 1. The molecule has 84 valence electrons. The van der Waals surface area contributed by atoms with Crippen molar-refractivity contribution in [2.45, 2.75) is 38.6 Å². The van der Waals surface area contributed by atoms with E-state index in [0.29, 0.717) is 12.0 Å². The zero-order valence-corrected chi connectivity index (χ0v) is 8.97. The zero-order valence-electron chi connectivity index (χ0n) is 8.97. The quantitative estimate of drug-likeness (QED) is 0.799. The Hall–Kier alpha value is -0.960. The highest BCUT2D eigenvalue weighted by atomic mass is 19.1. The summed E-state index contributed by atoms with van der Waals surface area (Å²) in [6.07, 6.45) is 3.35. The molecule has 1 nitrogen and oxygen atoms in total. The minimum absolute atomic E-state index is 0.0822. The molecule has 1 aromatic carbocycles. The van der Waals surface area contributed by atoms with Crippen LogP contribution in [0.1, 0.15) is 31.7 Å². The molecule has 1 aromatic rings. The Balaban J connectivity index is 2.59. The van der Waals surface area contributed by atoms with Crippen molar-refractivity contribution in [2.24, 2.45) is 5.73 Å². The highest BCUT2D eigenvalue weighted by Gasteiger charge is 2.08. The van der Waals surface area contributed by atoms with Gasteiger partial charge in [-0.05, 0) is 36.6 Å². The minimum Gasteiger partial charge on any atom is -0.327 e. The van der Waals surface area contributed by atoms with Crippen LogP contribution in [0.25, 0.3) is 0 Å². The van der Waals surface area contributed by atoms with Gasteiger partial charge in [-0.25, -0.2) is 8.78 Å². The second-order valence-electron chi connectivity index (χ2n) is 3.84. The predicted molar refractivity (Wildman–Crippen MR) is 57.6 cm³/mol. The molecule has 0 aliphatic rings. The van der Waals surface area contributed by atoms with Crippen molar-refractivity contribution < 1.29 is 8.78 Å². The van der Waals surface area contributed by atoms with Gasteiger partial charge in [0.05, 0.1) is 0 Å². The Bertz CT molecular complexity index is 312. The average molecular weight is 213 g/mol. The Kier molecular flexibility index (Phi) is 4.69. The van der Waals surface area contributed by atoms with Crippen LogP contribution in [-0.4, -0.2) is 6.04 Å². The van der Waals surface area contributed by atoms with Crippen LogP contribution in [0.3, 0.4) is 0 Å². The molecule has 1 atom stereocenters. The lowest BCUT2D eigenvalue weighted by Crippen LogP contribution is -2.23. The summed E-state index contributed by atoms with van der Waals surface area (Å²) >= 11 is 0. The van der Waals surface area contributed by atoms with Crippen LogP contribution in [0.4, 0.5) is 8.78 Å². The van der Waals surface area contributed by atoms with E-state index in [1.54, 1.807) is 0 Å². The number of hydrogen-bond donors (Lipinski definition) is 1. The number of rotatable bonds is 5. The molecule has 0 fully saturated rings. The number of halogens is 2. The number of benzene rings is 1. The Morgan fingerprint density at radius 2 is 2.07 bits per heavy atom. The number of hydrogen-bond acceptors (Lipinski definition) is 1. The monoisotopic (exact) mass is 213 g/mol. The Labute approximate surface area is 89.3 Å². The highest BCUT2D eigenvalue weighted by molar-refractivity contribution is 5.19. The van der Waals surface area contributed by atoms with E-state index < -0.39 is 5.82 Å². The smallest absolute Gasteiger partial charge is 0.126 e. The Morgan fingerprint density at radius 1 is 1.33 bits per heavy atom. The molecule has 0 aliphatic heterocycles. The molecule has 2 N–H and O–H groups in total. The van der Waals surface area contributed by atoms with E-state index in [4.69, 9.17) is 5.73 Å². The maximum Gasteiger partial charge on any atom is 0.126 e. The molecule has 0 saturated carbocycles. The second-order valence-corrected chi connectivity index (χ2v) is 3.84. The Morgan fingerprint density at radius 3 is 2.73 bits per heavy atom. The third-order valence-electron chi connectivity index (χ3n) is 2.42. The summed E-state index contributed by atoms with van der Waals surface area (Å²) in [5.74, 6) is -0.780. The summed E-state index contributed by atoms with van der Waals surface area (Å²) in [6, 6.07) is 3.41. The summed E-state index contributed by atoms with van der Waals surface area (Å²) in [5.41, 5.74) is 6.20. The van der Waals surface area contributed by atoms with Crippen LogP contribution in [0.15, 0.2) is 18.2 Å². The van der Waals surface area contributed by atoms with Crippen LogP contribution in [-0.2, 0) is 6.42 Å². The molecule has 0 spiro atoms. The zero-order chi connectivity index (χ0) is 11.3. The van der Waals surface area contributed by atoms with Gasteiger partial charge in [0.25, 0.3) is 0 Å². The molecule has 0 saturated heterocycles. The molecule has 15 heavy (non-hydrogen) atoms. The van der Waals surface area contributed by atoms with Gasteiger partial charge in [-0.15, -0.1) is 0 Å². The van der Waals surface area contributed by atoms with Crippen LogP contribution in [0, 0.1) is 11.6 Å². The van der Waals surface area contributed by atoms with Gasteiger partial charge < -0.3 is 5.73 Å². The molecule has 0 aliphatic carbocycles. The van der Waals surface area contributed by atoms with Crippen molar-refractivity contribution in [1.82, 2.24) is 0 Å². The van der Waals surface area contributed by atoms with Crippen molar-refractivity contribution in [3.05, 3.63) is 35.4 Å². The molecular formula is C12H17F2N. The third kappa shape index (κ3) is 3.96. The van der Waals surface area contributed by atoms with E-state index in [0.717, 1.165) is 31.4 Å². The van der Waals surface area contributed by atoms with E-state index in [-0.39, 0.29) is 11.9 Å². The molecule has 0 radical (unpaired) electrons. The third-order valence-corrected chi connectivity index (χ3v) is 2.42. The standard InChI is InChI=1S/C12H17F2N/c1-2-3-4-11(15)8-9-7-10(13)5-6-12(9)14/h5-7,11H,2-4,8,15H2,1H3. The summed E-state index contributed by atoms with van der Waals surface area (Å²) in [4.78, 5) is 0. The summed E-state index contributed by atoms with van der Waals surface area (Å²) < 4.78 is 26.1. The topological polar surface area (TPSA) is 26.0 Å². The van der Waals surface area contributed by atoms with Gasteiger partial charge >= 0.3 is 0 Å². The molecular weight excluding hydrogens is 196 g/mol. The molecule has 1 rings (SSSR count). The summed E-state index contributed by atoms with van der Waals surface area (Å²) in [7, 11) is 0. The summed E-state index contributed by atoms with van der Waals surface area (Å²) in [6.45, 7) is 2.08. The van der Waals surface area contributed by atoms with Gasteiger partial charge in [0, 0.05) is 6.04 Å².